The van der Waals surface area contributed by atoms with Gasteiger partial charge in [0.2, 0.25) is 0 Å². The number of fused-ring (bicyclic) bond motifs is 1. The van der Waals surface area contributed by atoms with Gasteiger partial charge in [0.25, 0.3) is 5.91 Å². The SMILES string of the molecule is Cc1cnc(NC(=O)c2cccc3[nH]c(-c4ccc(F)cc4C(F)(F)F)nc23)s1. The molecule has 1 amide bonds. The van der Waals surface area contributed by atoms with E-state index in [1.54, 1.807) is 18.3 Å². The van der Waals surface area contributed by atoms with Crippen LogP contribution in [-0.2, 0) is 6.18 Å². The van der Waals surface area contributed by atoms with Gasteiger partial charge in [0.05, 0.1) is 16.6 Å². The summed E-state index contributed by atoms with van der Waals surface area (Å²) in [5.74, 6) is -1.60. The fourth-order valence-electron chi connectivity index (χ4n) is 2.88. The minimum absolute atomic E-state index is 0.113. The molecule has 2 heterocycles. The highest BCUT2D eigenvalue weighted by Crippen LogP contribution is 2.37. The van der Waals surface area contributed by atoms with E-state index in [0.29, 0.717) is 16.7 Å². The van der Waals surface area contributed by atoms with E-state index in [0.717, 1.165) is 17.0 Å². The molecular weight excluding hydrogens is 408 g/mol. The number of aromatic nitrogens is 3. The summed E-state index contributed by atoms with van der Waals surface area (Å²) in [6.45, 7) is 1.84. The number of para-hydroxylation sites is 1. The minimum atomic E-state index is -4.76. The van der Waals surface area contributed by atoms with Gasteiger partial charge >= 0.3 is 6.18 Å². The zero-order valence-electron chi connectivity index (χ0n) is 14.8. The number of halogens is 4. The second kappa shape index (κ2) is 6.96. The second-order valence-corrected chi connectivity index (χ2v) is 7.44. The molecule has 0 spiro atoms. The van der Waals surface area contributed by atoms with Crippen molar-refractivity contribution in [2.75, 3.05) is 5.32 Å². The fraction of sp³-hybridized carbons (Fsp3) is 0.105. The van der Waals surface area contributed by atoms with Crippen LogP contribution < -0.4 is 5.32 Å². The Morgan fingerprint density at radius 2 is 2.00 bits per heavy atom. The lowest BCUT2D eigenvalue weighted by Gasteiger charge is -2.11. The molecule has 4 aromatic rings. The molecule has 0 aliphatic heterocycles. The molecule has 0 fully saturated rings. The molecule has 4 rings (SSSR count). The highest BCUT2D eigenvalue weighted by atomic mass is 32.1. The second-order valence-electron chi connectivity index (χ2n) is 6.21. The Bertz CT molecular complexity index is 1230. The number of anilines is 1. The first-order valence-corrected chi connectivity index (χ1v) is 9.13. The number of hydrogen-bond acceptors (Lipinski definition) is 4. The molecule has 0 aliphatic rings. The van der Waals surface area contributed by atoms with Crippen LogP contribution in [0.5, 0.6) is 0 Å². The van der Waals surface area contributed by atoms with E-state index in [-0.39, 0.29) is 22.5 Å². The van der Waals surface area contributed by atoms with Crippen LogP contribution in [0, 0.1) is 12.7 Å². The number of carbonyl (C=O) groups excluding carboxylic acids is 1. The molecular formula is C19H12F4N4OS. The van der Waals surface area contributed by atoms with Gasteiger partial charge < -0.3 is 4.98 Å². The van der Waals surface area contributed by atoms with Crippen molar-refractivity contribution < 1.29 is 22.4 Å². The Labute approximate surface area is 165 Å². The summed E-state index contributed by atoms with van der Waals surface area (Å²) < 4.78 is 53.4. The van der Waals surface area contributed by atoms with Crippen LogP contribution in [0.15, 0.2) is 42.6 Å². The Kier molecular flexibility index (Phi) is 4.58. The molecule has 148 valence electrons. The monoisotopic (exact) mass is 420 g/mol. The Balaban J connectivity index is 1.79. The number of thiazole rings is 1. The predicted molar refractivity (Wildman–Crippen MR) is 101 cm³/mol. The zero-order valence-corrected chi connectivity index (χ0v) is 15.6. The number of nitrogens with zero attached hydrogens (tertiary/aromatic N) is 2. The molecule has 10 heteroatoms. The van der Waals surface area contributed by atoms with Gasteiger partial charge in [-0.05, 0) is 37.3 Å². The summed E-state index contributed by atoms with van der Waals surface area (Å²) >= 11 is 1.29. The number of aromatic amines is 1. The maximum absolute atomic E-state index is 13.4. The largest absolute Gasteiger partial charge is 0.417 e. The van der Waals surface area contributed by atoms with Gasteiger partial charge in [0.15, 0.2) is 5.13 Å². The number of nitrogens with one attached hydrogen (secondary N) is 2. The number of H-pyrrole nitrogens is 1. The van der Waals surface area contributed by atoms with E-state index >= 15 is 0 Å². The van der Waals surface area contributed by atoms with Crippen LogP contribution in [0.25, 0.3) is 22.4 Å². The quantitative estimate of drug-likeness (QED) is 0.436. The molecule has 0 saturated carbocycles. The molecule has 2 aromatic heterocycles. The third-order valence-electron chi connectivity index (χ3n) is 4.14. The number of alkyl halides is 3. The van der Waals surface area contributed by atoms with E-state index in [2.05, 4.69) is 20.3 Å². The van der Waals surface area contributed by atoms with Crippen molar-refractivity contribution >= 4 is 33.4 Å². The number of imidazole rings is 1. The first-order valence-electron chi connectivity index (χ1n) is 8.32. The topological polar surface area (TPSA) is 70.7 Å². The van der Waals surface area contributed by atoms with Crippen molar-refractivity contribution in [2.24, 2.45) is 0 Å². The summed E-state index contributed by atoms with van der Waals surface area (Å²) in [5, 5.41) is 3.05. The van der Waals surface area contributed by atoms with Crippen LogP contribution in [0.1, 0.15) is 20.8 Å². The predicted octanol–water partition coefficient (Wildman–Crippen LogP) is 5.41. The molecule has 0 unspecified atom stereocenters. The van der Waals surface area contributed by atoms with Crippen molar-refractivity contribution in [1.82, 2.24) is 15.0 Å². The number of benzene rings is 2. The summed E-state index contributed by atoms with van der Waals surface area (Å²) in [5.41, 5.74) is -0.711. The van der Waals surface area contributed by atoms with Crippen LogP contribution in [0.4, 0.5) is 22.7 Å². The highest BCUT2D eigenvalue weighted by Gasteiger charge is 2.35. The normalized spacial score (nSPS) is 11.8. The first-order chi connectivity index (χ1) is 13.7. The highest BCUT2D eigenvalue weighted by molar-refractivity contribution is 7.15. The van der Waals surface area contributed by atoms with Gasteiger partial charge in [-0.15, -0.1) is 11.3 Å². The van der Waals surface area contributed by atoms with E-state index in [1.165, 1.54) is 17.4 Å². The smallest absolute Gasteiger partial charge is 0.338 e. The third-order valence-corrected chi connectivity index (χ3v) is 4.97. The van der Waals surface area contributed by atoms with Crippen molar-refractivity contribution in [1.29, 1.82) is 0 Å². The molecule has 0 aliphatic carbocycles. The number of hydrogen-bond donors (Lipinski definition) is 2. The lowest BCUT2D eigenvalue weighted by atomic mass is 10.1. The van der Waals surface area contributed by atoms with Gasteiger partial charge in [-0.2, -0.15) is 13.2 Å². The summed E-state index contributed by atoms with van der Waals surface area (Å²) in [6, 6.07) is 7.04. The van der Waals surface area contributed by atoms with E-state index in [9.17, 15) is 22.4 Å². The lowest BCUT2D eigenvalue weighted by Crippen LogP contribution is -2.12. The molecule has 5 nitrogen and oxygen atoms in total. The summed E-state index contributed by atoms with van der Waals surface area (Å²) in [7, 11) is 0. The Hall–Kier alpha value is -3.27. The molecule has 29 heavy (non-hydrogen) atoms. The Morgan fingerprint density at radius 3 is 2.69 bits per heavy atom. The van der Waals surface area contributed by atoms with Crippen LogP contribution in [0.3, 0.4) is 0 Å². The van der Waals surface area contributed by atoms with Crippen molar-refractivity contribution in [2.45, 2.75) is 13.1 Å². The van der Waals surface area contributed by atoms with Gasteiger partial charge in [0, 0.05) is 16.6 Å². The van der Waals surface area contributed by atoms with Crippen molar-refractivity contribution in [3.05, 3.63) is 64.4 Å². The van der Waals surface area contributed by atoms with Gasteiger partial charge in [0.1, 0.15) is 17.2 Å². The van der Waals surface area contributed by atoms with E-state index in [1.807, 2.05) is 6.92 Å². The Morgan fingerprint density at radius 1 is 1.21 bits per heavy atom. The number of carbonyl (C=O) groups is 1. The maximum Gasteiger partial charge on any atom is 0.417 e. The van der Waals surface area contributed by atoms with Crippen LogP contribution >= 0.6 is 11.3 Å². The standard InChI is InChI=1S/C19H12F4N4OS/c1-9-8-24-18(29-9)27-17(28)12-3-2-4-14-15(12)26-16(25-14)11-6-5-10(20)7-13(11)19(21,22)23/h2-8H,1H3,(H,25,26)(H,24,27,28). The van der Waals surface area contributed by atoms with Crippen molar-refractivity contribution in [3.63, 3.8) is 0 Å². The van der Waals surface area contributed by atoms with Gasteiger partial charge in [-0.3, -0.25) is 10.1 Å². The number of aryl methyl sites for hydroxylation is 1. The molecule has 0 bridgehead atoms. The van der Waals surface area contributed by atoms with Crippen LogP contribution in [0.2, 0.25) is 0 Å². The summed E-state index contributed by atoms with van der Waals surface area (Å²) in [6.07, 6.45) is -3.15. The fourth-order valence-corrected chi connectivity index (χ4v) is 3.54. The van der Waals surface area contributed by atoms with Crippen LogP contribution in [-0.4, -0.2) is 20.9 Å². The molecule has 2 N–H and O–H groups in total. The van der Waals surface area contributed by atoms with Crippen molar-refractivity contribution in [3.8, 4) is 11.4 Å². The van der Waals surface area contributed by atoms with Gasteiger partial charge in [-0.25, -0.2) is 14.4 Å². The van der Waals surface area contributed by atoms with Gasteiger partial charge in [-0.1, -0.05) is 6.07 Å². The molecule has 0 saturated heterocycles. The molecule has 2 aromatic carbocycles. The third kappa shape index (κ3) is 3.70. The average molecular weight is 420 g/mol. The zero-order chi connectivity index (χ0) is 20.8. The minimum Gasteiger partial charge on any atom is -0.338 e. The lowest BCUT2D eigenvalue weighted by molar-refractivity contribution is -0.137. The number of amides is 1. The first kappa shape index (κ1) is 19.1. The molecule has 0 radical (unpaired) electrons. The van der Waals surface area contributed by atoms with E-state index in [4.69, 9.17) is 0 Å². The van der Waals surface area contributed by atoms with E-state index < -0.39 is 23.5 Å². The summed E-state index contributed by atoms with van der Waals surface area (Å²) in [4.78, 5) is 24.6. The maximum atomic E-state index is 13.4. The average Bonchev–Trinajstić information content (AvgIpc) is 3.26. The number of rotatable bonds is 3. The molecule has 0 atom stereocenters.